The first-order valence-electron chi connectivity index (χ1n) is 3.97. The molecule has 1 aliphatic rings. The first-order valence-corrected chi connectivity index (χ1v) is 3.97. The first-order chi connectivity index (χ1) is 5.04. The molecule has 1 aliphatic heterocycles. The normalized spacial score (nSPS) is 25.5. The summed E-state index contributed by atoms with van der Waals surface area (Å²) in [6.07, 6.45) is 0.541. The average Bonchev–Trinajstić information content (AvgIpc) is 2.07. The fourth-order valence-corrected chi connectivity index (χ4v) is 1.66. The third-order valence-electron chi connectivity index (χ3n) is 2.26. The van der Waals surface area contributed by atoms with Crippen LogP contribution < -0.4 is 0 Å². The van der Waals surface area contributed by atoms with Gasteiger partial charge in [0, 0.05) is 19.2 Å². The molecule has 2 nitrogen and oxygen atoms in total. The summed E-state index contributed by atoms with van der Waals surface area (Å²) < 4.78 is 0. The Hall–Kier alpha value is -0.790. The van der Waals surface area contributed by atoms with Gasteiger partial charge in [0.1, 0.15) is 0 Å². The van der Waals surface area contributed by atoms with E-state index in [1.807, 2.05) is 11.9 Å². The molecule has 0 radical (unpaired) electrons. The molecule has 1 rings (SSSR count). The van der Waals surface area contributed by atoms with Crippen LogP contribution in [0.25, 0.3) is 0 Å². The number of hydrogen-bond acceptors (Lipinski definition) is 2. The quantitative estimate of drug-likeness (QED) is 0.568. The second-order valence-corrected chi connectivity index (χ2v) is 3.51. The predicted octanol–water partition coefficient (Wildman–Crippen LogP) is 1.43. The number of rotatable bonds is 1. The lowest BCUT2D eigenvalue weighted by atomic mass is 10.0. The largest absolute Gasteiger partial charge is 0.368 e. The number of Topliss-reactive ketones (excluding diaryl/α,β-unsaturated/α-hetero) is 1. The Labute approximate surface area is 67.9 Å². The molecular formula is C9H15NO. The topological polar surface area (TPSA) is 20.3 Å². The highest BCUT2D eigenvalue weighted by atomic mass is 16.1. The minimum absolute atomic E-state index is 0.0718. The van der Waals surface area contributed by atoms with Crippen molar-refractivity contribution in [3.8, 4) is 0 Å². The van der Waals surface area contributed by atoms with Gasteiger partial charge >= 0.3 is 0 Å². The lowest BCUT2D eigenvalue weighted by Crippen LogP contribution is -2.33. The smallest absolute Gasteiger partial charge is 0.161 e. The molecule has 0 saturated carbocycles. The van der Waals surface area contributed by atoms with Crippen LogP contribution in [0.4, 0.5) is 0 Å². The van der Waals surface area contributed by atoms with Crippen LogP contribution >= 0.6 is 0 Å². The Bertz CT molecular complexity index is 196. The number of hydrogen-bond donors (Lipinski definition) is 0. The number of ketones is 1. The van der Waals surface area contributed by atoms with Gasteiger partial charge in [0.2, 0.25) is 0 Å². The lowest BCUT2D eigenvalue weighted by molar-refractivity contribution is -0.120. The van der Waals surface area contributed by atoms with Gasteiger partial charge in [0.25, 0.3) is 0 Å². The van der Waals surface area contributed by atoms with E-state index in [0.29, 0.717) is 18.1 Å². The van der Waals surface area contributed by atoms with Crippen LogP contribution in [-0.4, -0.2) is 23.8 Å². The second kappa shape index (κ2) is 2.68. The van der Waals surface area contributed by atoms with E-state index in [-0.39, 0.29) is 6.04 Å². The summed E-state index contributed by atoms with van der Waals surface area (Å²) in [5, 5.41) is 0. The molecule has 62 valence electrons. The fraction of sp³-hybridized carbons (Fsp3) is 0.667. The van der Waals surface area contributed by atoms with Crippen LogP contribution in [-0.2, 0) is 4.79 Å². The number of carbonyl (C=O) groups is 1. The van der Waals surface area contributed by atoms with Crippen LogP contribution in [0.3, 0.4) is 0 Å². The summed E-state index contributed by atoms with van der Waals surface area (Å²) in [5.74, 6) is 0.708. The van der Waals surface area contributed by atoms with E-state index in [0.717, 1.165) is 5.70 Å². The molecule has 0 aromatic rings. The summed E-state index contributed by atoms with van der Waals surface area (Å²) in [4.78, 5) is 13.3. The van der Waals surface area contributed by atoms with Crippen LogP contribution in [0.2, 0.25) is 0 Å². The van der Waals surface area contributed by atoms with Gasteiger partial charge in [-0.2, -0.15) is 0 Å². The van der Waals surface area contributed by atoms with Crippen molar-refractivity contribution < 1.29 is 4.79 Å². The number of likely N-dealkylation sites (tertiary alicyclic amines) is 1. The lowest BCUT2D eigenvalue weighted by Gasteiger charge is -2.23. The van der Waals surface area contributed by atoms with Gasteiger partial charge in [-0.15, -0.1) is 0 Å². The maximum Gasteiger partial charge on any atom is 0.161 e. The molecule has 0 aliphatic carbocycles. The van der Waals surface area contributed by atoms with Crippen LogP contribution in [0.15, 0.2) is 12.3 Å². The number of likely N-dealkylation sites (N-methyl/N-ethyl adjacent to an activating group) is 1. The highest BCUT2D eigenvalue weighted by Gasteiger charge is 2.33. The Morgan fingerprint density at radius 1 is 1.64 bits per heavy atom. The Morgan fingerprint density at radius 3 is 2.36 bits per heavy atom. The van der Waals surface area contributed by atoms with Gasteiger partial charge in [-0.25, -0.2) is 0 Å². The number of carbonyl (C=O) groups excluding carboxylic acids is 1. The van der Waals surface area contributed by atoms with Crippen molar-refractivity contribution in [2.75, 3.05) is 7.05 Å². The second-order valence-electron chi connectivity index (χ2n) is 3.51. The van der Waals surface area contributed by atoms with E-state index < -0.39 is 0 Å². The Morgan fingerprint density at radius 2 is 2.18 bits per heavy atom. The van der Waals surface area contributed by atoms with Crippen molar-refractivity contribution in [2.24, 2.45) is 5.92 Å². The molecule has 11 heavy (non-hydrogen) atoms. The Balaban J connectivity index is 2.79. The third-order valence-corrected chi connectivity index (χ3v) is 2.26. The maximum atomic E-state index is 11.3. The monoisotopic (exact) mass is 153 g/mol. The molecule has 2 heteroatoms. The van der Waals surface area contributed by atoms with Crippen molar-refractivity contribution >= 4 is 5.78 Å². The molecule has 1 unspecified atom stereocenters. The first kappa shape index (κ1) is 8.31. The zero-order valence-corrected chi connectivity index (χ0v) is 7.42. The van der Waals surface area contributed by atoms with Gasteiger partial charge in [-0.1, -0.05) is 20.4 Å². The molecule has 0 amide bonds. The SMILES string of the molecule is C=C1CC(=O)C(C(C)C)N1C. The highest BCUT2D eigenvalue weighted by Crippen LogP contribution is 2.25. The predicted molar refractivity (Wildman–Crippen MR) is 45.2 cm³/mol. The minimum Gasteiger partial charge on any atom is -0.368 e. The molecule has 0 N–H and O–H groups in total. The van der Waals surface area contributed by atoms with Crippen LogP contribution in [0.5, 0.6) is 0 Å². The molecule has 1 fully saturated rings. The van der Waals surface area contributed by atoms with Gasteiger partial charge in [-0.05, 0) is 5.92 Å². The molecule has 1 heterocycles. The zero-order chi connectivity index (χ0) is 8.59. The maximum absolute atomic E-state index is 11.3. The number of allylic oxidation sites excluding steroid dienone is 1. The van der Waals surface area contributed by atoms with Crippen LogP contribution in [0.1, 0.15) is 20.3 Å². The summed E-state index contributed by atoms with van der Waals surface area (Å²) in [6.45, 7) is 7.96. The summed E-state index contributed by atoms with van der Waals surface area (Å²) in [7, 11) is 1.94. The van der Waals surface area contributed by atoms with Crippen molar-refractivity contribution in [2.45, 2.75) is 26.3 Å². The van der Waals surface area contributed by atoms with Gasteiger partial charge in [0.05, 0.1) is 6.04 Å². The average molecular weight is 153 g/mol. The number of nitrogens with zero attached hydrogens (tertiary/aromatic N) is 1. The summed E-state index contributed by atoms with van der Waals surface area (Å²) in [5.41, 5.74) is 0.953. The van der Waals surface area contributed by atoms with E-state index in [9.17, 15) is 4.79 Å². The van der Waals surface area contributed by atoms with E-state index in [1.165, 1.54) is 0 Å². The molecule has 1 atom stereocenters. The molecule has 1 saturated heterocycles. The van der Waals surface area contributed by atoms with E-state index >= 15 is 0 Å². The summed E-state index contributed by atoms with van der Waals surface area (Å²) in [6, 6.07) is 0.0718. The van der Waals surface area contributed by atoms with Crippen molar-refractivity contribution in [3.05, 3.63) is 12.3 Å². The molecule has 0 aromatic carbocycles. The summed E-state index contributed by atoms with van der Waals surface area (Å²) >= 11 is 0. The van der Waals surface area contributed by atoms with Gasteiger partial charge in [0.15, 0.2) is 5.78 Å². The van der Waals surface area contributed by atoms with Crippen molar-refractivity contribution in [1.29, 1.82) is 0 Å². The highest BCUT2D eigenvalue weighted by molar-refractivity contribution is 5.89. The molecule has 0 bridgehead atoms. The minimum atomic E-state index is 0.0718. The van der Waals surface area contributed by atoms with Crippen molar-refractivity contribution in [1.82, 2.24) is 4.90 Å². The van der Waals surface area contributed by atoms with Gasteiger partial charge in [-0.3, -0.25) is 4.79 Å². The van der Waals surface area contributed by atoms with Gasteiger partial charge < -0.3 is 4.90 Å². The third kappa shape index (κ3) is 1.30. The molecular weight excluding hydrogens is 138 g/mol. The molecule has 0 spiro atoms. The van der Waals surface area contributed by atoms with Crippen molar-refractivity contribution in [3.63, 3.8) is 0 Å². The Kier molecular flexibility index (Phi) is 2.03. The van der Waals surface area contributed by atoms with Crippen LogP contribution in [0, 0.1) is 5.92 Å². The van der Waals surface area contributed by atoms with E-state index in [4.69, 9.17) is 0 Å². The molecule has 0 aromatic heterocycles. The standard InChI is InChI=1S/C9H15NO/c1-6(2)9-8(11)5-7(3)10(9)4/h6,9H,3,5H2,1-2,4H3. The fourth-order valence-electron chi connectivity index (χ4n) is 1.66. The van der Waals surface area contributed by atoms with E-state index in [1.54, 1.807) is 0 Å². The van der Waals surface area contributed by atoms with E-state index in [2.05, 4.69) is 20.4 Å². The zero-order valence-electron chi connectivity index (χ0n) is 7.42.